The molecular formula is C14H19ClN2O. The Balaban J connectivity index is 2.28. The van der Waals surface area contributed by atoms with E-state index in [1.165, 1.54) is 0 Å². The average molecular weight is 267 g/mol. The minimum atomic E-state index is 0.488. The highest BCUT2D eigenvalue weighted by Gasteiger charge is 2.04. The van der Waals surface area contributed by atoms with Crippen molar-refractivity contribution >= 4 is 17.3 Å². The molecule has 0 spiro atoms. The highest BCUT2D eigenvalue weighted by Crippen LogP contribution is 2.22. The minimum Gasteiger partial charge on any atom is -0.384 e. The molecule has 0 aromatic heterocycles. The third kappa shape index (κ3) is 4.95. The molecule has 0 aliphatic heterocycles. The lowest BCUT2D eigenvalue weighted by atomic mass is 10.2. The molecule has 1 rings (SSSR count). The lowest BCUT2D eigenvalue weighted by Crippen LogP contribution is -2.07. The highest BCUT2D eigenvalue weighted by atomic mass is 35.5. The van der Waals surface area contributed by atoms with Crippen LogP contribution in [-0.2, 0) is 4.74 Å². The zero-order chi connectivity index (χ0) is 13.2. The van der Waals surface area contributed by atoms with Gasteiger partial charge in [-0.25, -0.2) is 0 Å². The smallest absolute Gasteiger partial charge is 0.103 e. The molecule has 0 saturated heterocycles. The van der Waals surface area contributed by atoms with Gasteiger partial charge in [0.2, 0.25) is 0 Å². The van der Waals surface area contributed by atoms with Crippen LogP contribution in [0.15, 0.2) is 18.2 Å². The summed E-state index contributed by atoms with van der Waals surface area (Å²) < 4.78 is 5.46. The monoisotopic (exact) mass is 266 g/mol. The second-order valence-corrected chi connectivity index (χ2v) is 4.43. The van der Waals surface area contributed by atoms with Crippen LogP contribution in [0, 0.1) is 11.3 Å². The van der Waals surface area contributed by atoms with Gasteiger partial charge in [0.25, 0.3) is 0 Å². The number of rotatable bonds is 8. The number of nitrogens with one attached hydrogen (secondary N) is 1. The maximum absolute atomic E-state index is 9.00. The van der Waals surface area contributed by atoms with E-state index in [1.54, 1.807) is 6.07 Å². The van der Waals surface area contributed by atoms with Crippen LogP contribution in [0.25, 0.3) is 0 Å². The first-order valence-corrected chi connectivity index (χ1v) is 6.67. The quantitative estimate of drug-likeness (QED) is 0.728. The van der Waals surface area contributed by atoms with E-state index in [4.69, 9.17) is 21.6 Å². The predicted molar refractivity (Wildman–Crippen MR) is 75.0 cm³/mol. The number of nitriles is 1. The van der Waals surface area contributed by atoms with Gasteiger partial charge in [-0.05, 0) is 25.0 Å². The maximum atomic E-state index is 9.00. The molecule has 3 nitrogen and oxygen atoms in total. The van der Waals surface area contributed by atoms with Crippen molar-refractivity contribution in [1.29, 1.82) is 5.26 Å². The third-order valence-electron chi connectivity index (χ3n) is 2.55. The predicted octanol–water partition coefficient (Wildman–Crippen LogP) is 3.83. The van der Waals surface area contributed by atoms with Gasteiger partial charge >= 0.3 is 0 Å². The molecule has 1 aromatic rings. The van der Waals surface area contributed by atoms with Gasteiger partial charge in [-0.15, -0.1) is 0 Å². The topological polar surface area (TPSA) is 45.0 Å². The highest BCUT2D eigenvalue weighted by molar-refractivity contribution is 6.32. The fraction of sp³-hybridized carbons (Fsp3) is 0.500. The van der Waals surface area contributed by atoms with E-state index < -0.39 is 0 Å². The summed E-state index contributed by atoms with van der Waals surface area (Å²) in [6.45, 7) is 4.50. The van der Waals surface area contributed by atoms with Crippen LogP contribution in [0.4, 0.5) is 5.69 Å². The summed E-state index contributed by atoms with van der Waals surface area (Å²) in [5, 5.41) is 12.7. The van der Waals surface area contributed by atoms with Gasteiger partial charge in [0.1, 0.15) is 6.07 Å². The van der Waals surface area contributed by atoms with Gasteiger partial charge < -0.3 is 10.1 Å². The van der Waals surface area contributed by atoms with Crippen molar-refractivity contribution in [2.75, 3.05) is 25.1 Å². The number of unbranched alkanes of at least 4 members (excludes halogenated alkanes) is 1. The van der Waals surface area contributed by atoms with Crippen molar-refractivity contribution < 1.29 is 4.74 Å². The Morgan fingerprint density at radius 2 is 2.11 bits per heavy atom. The van der Waals surface area contributed by atoms with Crippen LogP contribution in [0.5, 0.6) is 0 Å². The summed E-state index contributed by atoms with van der Waals surface area (Å²) in [5.74, 6) is 0. The zero-order valence-corrected chi connectivity index (χ0v) is 11.5. The third-order valence-corrected chi connectivity index (χ3v) is 2.86. The van der Waals surface area contributed by atoms with Crippen LogP contribution in [0.2, 0.25) is 5.02 Å². The first-order valence-electron chi connectivity index (χ1n) is 6.29. The molecule has 1 aromatic carbocycles. The van der Waals surface area contributed by atoms with Gasteiger partial charge in [0.05, 0.1) is 16.3 Å². The molecule has 0 amide bonds. The first kappa shape index (κ1) is 14.8. The van der Waals surface area contributed by atoms with Crippen LogP contribution >= 0.6 is 11.6 Å². The second kappa shape index (κ2) is 8.79. The number of anilines is 1. The van der Waals surface area contributed by atoms with E-state index in [9.17, 15) is 0 Å². The van der Waals surface area contributed by atoms with Crippen LogP contribution in [0.1, 0.15) is 31.7 Å². The first-order chi connectivity index (χ1) is 8.79. The molecule has 0 heterocycles. The number of ether oxygens (including phenoxy) is 1. The van der Waals surface area contributed by atoms with Crippen molar-refractivity contribution in [3.63, 3.8) is 0 Å². The Hall–Kier alpha value is -1.24. The number of halogens is 1. The average Bonchev–Trinajstić information content (AvgIpc) is 2.38. The standard InChI is InChI=1S/C14H19ClN2O/c1-2-3-9-18-10-5-8-17-14-7-4-6-13(15)12(14)11-16/h4,6-7,17H,2-3,5,8-10H2,1H3. The van der Waals surface area contributed by atoms with Crippen molar-refractivity contribution in [2.45, 2.75) is 26.2 Å². The van der Waals surface area contributed by atoms with Crippen LogP contribution in [0.3, 0.4) is 0 Å². The van der Waals surface area contributed by atoms with E-state index in [1.807, 2.05) is 12.1 Å². The molecule has 0 saturated carbocycles. The van der Waals surface area contributed by atoms with Crippen molar-refractivity contribution in [3.05, 3.63) is 28.8 Å². The SMILES string of the molecule is CCCCOCCCNc1cccc(Cl)c1C#N. The van der Waals surface area contributed by atoms with E-state index >= 15 is 0 Å². The van der Waals surface area contributed by atoms with Crippen molar-refractivity contribution in [2.24, 2.45) is 0 Å². The molecule has 18 heavy (non-hydrogen) atoms. The van der Waals surface area contributed by atoms with Gasteiger partial charge in [-0.1, -0.05) is 31.0 Å². The van der Waals surface area contributed by atoms with Gasteiger partial charge in [-0.2, -0.15) is 5.26 Å². The second-order valence-electron chi connectivity index (χ2n) is 4.02. The molecule has 0 bridgehead atoms. The number of benzene rings is 1. The summed E-state index contributed by atoms with van der Waals surface area (Å²) >= 11 is 5.94. The van der Waals surface area contributed by atoms with E-state index in [-0.39, 0.29) is 0 Å². The van der Waals surface area contributed by atoms with Crippen LogP contribution in [-0.4, -0.2) is 19.8 Å². The lowest BCUT2D eigenvalue weighted by Gasteiger charge is -2.09. The Morgan fingerprint density at radius 3 is 2.83 bits per heavy atom. The largest absolute Gasteiger partial charge is 0.384 e. The van der Waals surface area contributed by atoms with Crippen molar-refractivity contribution in [1.82, 2.24) is 0 Å². The summed E-state index contributed by atoms with van der Waals surface area (Å²) in [4.78, 5) is 0. The van der Waals surface area contributed by atoms with E-state index in [0.29, 0.717) is 10.6 Å². The molecule has 0 atom stereocenters. The molecule has 4 heteroatoms. The van der Waals surface area contributed by atoms with Gasteiger partial charge in [0, 0.05) is 19.8 Å². The molecule has 0 fully saturated rings. The Labute approximate surface area is 114 Å². The summed E-state index contributed by atoms with van der Waals surface area (Å²) in [7, 11) is 0. The zero-order valence-electron chi connectivity index (χ0n) is 10.7. The van der Waals surface area contributed by atoms with Gasteiger partial charge in [0.15, 0.2) is 0 Å². The maximum Gasteiger partial charge on any atom is 0.103 e. The van der Waals surface area contributed by atoms with Crippen LogP contribution < -0.4 is 5.32 Å². The Morgan fingerprint density at radius 1 is 1.33 bits per heavy atom. The number of hydrogen-bond donors (Lipinski definition) is 1. The molecule has 0 unspecified atom stereocenters. The fourth-order valence-corrected chi connectivity index (χ4v) is 1.75. The van der Waals surface area contributed by atoms with Gasteiger partial charge in [-0.3, -0.25) is 0 Å². The summed E-state index contributed by atoms with van der Waals surface area (Å²) in [6.07, 6.45) is 3.19. The molecule has 0 radical (unpaired) electrons. The molecule has 98 valence electrons. The van der Waals surface area contributed by atoms with E-state index in [2.05, 4.69) is 18.3 Å². The number of nitrogens with zero attached hydrogens (tertiary/aromatic N) is 1. The minimum absolute atomic E-state index is 0.488. The molecule has 0 aliphatic carbocycles. The summed E-state index contributed by atoms with van der Waals surface area (Å²) in [5.41, 5.74) is 1.30. The van der Waals surface area contributed by atoms with Crippen molar-refractivity contribution in [3.8, 4) is 6.07 Å². The number of hydrogen-bond acceptors (Lipinski definition) is 3. The van der Waals surface area contributed by atoms with E-state index in [0.717, 1.165) is 44.7 Å². The Kier molecular flexibility index (Phi) is 7.24. The summed E-state index contributed by atoms with van der Waals surface area (Å²) in [6, 6.07) is 7.53. The molecular weight excluding hydrogens is 248 g/mol. The lowest BCUT2D eigenvalue weighted by molar-refractivity contribution is 0.131. The fourth-order valence-electron chi connectivity index (χ4n) is 1.53. The molecule has 0 aliphatic rings. The molecule has 1 N–H and O–H groups in total. The Bertz CT molecular complexity index is 401. The normalized spacial score (nSPS) is 10.1.